The number of hydrogen-bond donors (Lipinski definition) is 2. The van der Waals surface area contributed by atoms with Crippen LogP contribution in [0.15, 0.2) is 60.7 Å². The first-order chi connectivity index (χ1) is 17.9. The third-order valence-corrected chi connectivity index (χ3v) is 6.46. The number of hydrogen-bond acceptors (Lipinski definition) is 5. The van der Waals surface area contributed by atoms with Gasteiger partial charge in [0.15, 0.2) is 11.5 Å². The number of nitrogens with zero attached hydrogens (tertiary/aromatic N) is 1. The van der Waals surface area contributed by atoms with Crippen LogP contribution in [-0.4, -0.2) is 50.8 Å². The summed E-state index contributed by atoms with van der Waals surface area (Å²) in [6.45, 7) is 3.14. The fraction of sp³-hybridized carbons (Fsp3) is 0.286. The number of anilines is 1. The molecule has 1 heterocycles. The fourth-order valence-electron chi connectivity index (χ4n) is 4.41. The van der Waals surface area contributed by atoms with Crippen molar-refractivity contribution in [3.8, 4) is 17.2 Å². The van der Waals surface area contributed by atoms with Gasteiger partial charge in [-0.15, -0.1) is 0 Å². The third kappa shape index (κ3) is 6.09. The fourth-order valence-corrected chi connectivity index (χ4v) is 4.60. The van der Waals surface area contributed by atoms with Crippen molar-refractivity contribution in [1.82, 2.24) is 10.2 Å². The molecule has 0 bridgehead atoms. The van der Waals surface area contributed by atoms with Crippen molar-refractivity contribution < 1.29 is 23.8 Å². The quantitative estimate of drug-likeness (QED) is 0.417. The van der Waals surface area contributed by atoms with Crippen LogP contribution in [0.3, 0.4) is 0 Å². The van der Waals surface area contributed by atoms with Crippen molar-refractivity contribution in [3.63, 3.8) is 0 Å². The smallest absolute Gasteiger partial charge is 0.322 e. The van der Waals surface area contributed by atoms with Gasteiger partial charge in [0, 0.05) is 29.4 Å². The Labute approximate surface area is 221 Å². The number of carbonyl (C=O) groups is 2. The zero-order valence-electron chi connectivity index (χ0n) is 21.0. The molecule has 0 saturated heterocycles. The van der Waals surface area contributed by atoms with Gasteiger partial charge < -0.3 is 29.7 Å². The molecule has 8 nitrogen and oxygen atoms in total. The van der Waals surface area contributed by atoms with E-state index >= 15 is 0 Å². The van der Waals surface area contributed by atoms with Gasteiger partial charge >= 0.3 is 6.03 Å². The lowest BCUT2D eigenvalue weighted by Gasteiger charge is -2.38. The number of rotatable bonds is 8. The molecule has 2 N–H and O–H groups in total. The number of urea groups is 1. The van der Waals surface area contributed by atoms with E-state index in [1.807, 2.05) is 31.2 Å². The van der Waals surface area contributed by atoms with Gasteiger partial charge in [-0.05, 0) is 79.1 Å². The van der Waals surface area contributed by atoms with E-state index in [1.165, 1.54) is 0 Å². The van der Waals surface area contributed by atoms with Crippen LogP contribution in [0.5, 0.6) is 17.2 Å². The largest absolute Gasteiger partial charge is 0.494 e. The molecule has 0 aromatic heterocycles. The Kier molecular flexibility index (Phi) is 8.40. The number of carbonyl (C=O) groups excluding carboxylic acids is 2. The standard InChI is InChI=1S/C28H30ClN3O5/c1-4-37-22-10-8-21(9-11-22)31-28(34)32-13-12-18-15-25(35-2)26(36-3)16-23(18)24(32)17-30-27(33)19-6-5-7-20(29)14-19/h5-11,14-16,24H,4,12-13,17H2,1-3H3,(H,30,33)(H,31,34). The van der Waals surface area contributed by atoms with Crippen LogP contribution in [0.4, 0.5) is 10.5 Å². The Hall–Kier alpha value is -3.91. The lowest BCUT2D eigenvalue weighted by molar-refractivity contribution is 0.0936. The van der Waals surface area contributed by atoms with Gasteiger partial charge in [0.1, 0.15) is 5.75 Å². The molecule has 3 aromatic carbocycles. The van der Waals surface area contributed by atoms with E-state index in [0.717, 1.165) is 16.9 Å². The van der Waals surface area contributed by atoms with E-state index in [4.69, 9.17) is 25.8 Å². The van der Waals surface area contributed by atoms with Crippen LogP contribution in [0, 0.1) is 0 Å². The topological polar surface area (TPSA) is 89.1 Å². The van der Waals surface area contributed by atoms with Crippen molar-refractivity contribution >= 4 is 29.2 Å². The lowest BCUT2D eigenvalue weighted by atomic mass is 9.91. The maximum atomic E-state index is 13.4. The molecule has 4 rings (SSSR count). The van der Waals surface area contributed by atoms with E-state index in [-0.39, 0.29) is 18.5 Å². The lowest BCUT2D eigenvalue weighted by Crippen LogP contribution is -2.46. The Balaban J connectivity index is 1.60. The Morgan fingerprint density at radius 3 is 2.43 bits per heavy atom. The van der Waals surface area contributed by atoms with Crippen LogP contribution >= 0.6 is 11.6 Å². The predicted octanol–water partition coefficient (Wildman–Crippen LogP) is 5.32. The summed E-state index contributed by atoms with van der Waals surface area (Å²) in [7, 11) is 3.16. The van der Waals surface area contributed by atoms with Gasteiger partial charge in [0.25, 0.3) is 5.91 Å². The summed E-state index contributed by atoms with van der Waals surface area (Å²) in [5.74, 6) is 1.63. The van der Waals surface area contributed by atoms with E-state index in [9.17, 15) is 9.59 Å². The molecular formula is C28H30ClN3O5. The van der Waals surface area contributed by atoms with Gasteiger partial charge in [-0.3, -0.25) is 4.79 Å². The second-order valence-corrected chi connectivity index (χ2v) is 8.91. The number of halogens is 1. The van der Waals surface area contributed by atoms with Crippen LogP contribution in [-0.2, 0) is 6.42 Å². The highest BCUT2D eigenvalue weighted by Gasteiger charge is 2.32. The highest BCUT2D eigenvalue weighted by molar-refractivity contribution is 6.30. The van der Waals surface area contributed by atoms with Crippen LogP contribution in [0.25, 0.3) is 0 Å². The number of methoxy groups -OCH3 is 2. The average molecular weight is 524 g/mol. The zero-order chi connectivity index (χ0) is 26.4. The normalized spacial score (nSPS) is 14.4. The van der Waals surface area contributed by atoms with Gasteiger partial charge in [-0.25, -0.2) is 4.79 Å². The molecule has 3 aromatic rings. The number of amides is 3. The third-order valence-electron chi connectivity index (χ3n) is 6.22. The summed E-state index contributed by atoms with van der Waals surface area (Å²) in [4.78, 5) is 28.0. The van der Waals surface area contributed by atoms with Crippen molar-refractivity contribution in [3.05, 3.63) is 82.4 Å². The Bertz CT molecular complexity index is 1270. The number of fused-ring (bicyclic) bond motifs is 1. The number of nitrogens with one attached hydrogen (secondary N) is 2. The molecule has 0 aliphatic carbocycles. The molecule has 0 fully saturated rings. The van der Waals surface area contributed by atoms with Crippen molar-refractivity contribution in [2.45, 2.75) is 19.4 Å². The summed E-state index contributed by atoms with van der Waals surface area (Å²) in [6, 6.07) is 17.0. The van der Waals surface area contributed by atoms with Crippen LogP contribution in [0.1, 0.15) is 34.5 Å². The molecule has 3 amide bonds. The highest BCUT2D eigenvalue weighted by Crippen LogP contribution is 2.38. The first-order valence-corrected chi connectivity index (χ1v) is 12.4. The zero-order valence-corrected chi connectivity index (χ0v) is 21.8. The van der Waals surface area contributed by atoms with Crippen molar-refractivity contribution in [2.24, 2.45) is 0 Å². The Morgan fingerprint density at radius 2 is 1.76 bits per heavy atom. The molecule has 1 aliphatic rings. The monoisotopic (exact) mass is 523 g/mol. The van der Waals surface area contributed by atoms with E-state index in [0.29, 0.717) is 47.3 Å². The van der Waals surface area contributed by atoms with Crippen LogP contribution < -0.4 is 24.8 Å². The number of ether oxygens (including phenoxy) is 3. The molecule has 37 heavy (non-hydrogen) atoms. The molecule has 0 saturated carbocycles. The first kappa shape index (κ1) is 26.2. The summed E-state index contributed by atoms with van der Waals surface area (Å²) >= 11 is 6.06. The summed E-state index contributed by atoms with van der Waals surface area (Å²) < 4.78 is 16.5. The second-order valence-electron chi connectivity index (χ2n) is 8.47. The van der Waals surface area contributed by atoms with Crippen LogP contribution in [0.2, 0.25) is 5.02 Å². The van der Waals surface area contributed by atoms with Crippen molar-refractivity contribution in [2.75, 3.05) is 39.2 Å². The minimum Gasteiger partial charge on any atom is -0.494 e. The molecule has 194 valence electrons. The summed E-state index contributed by atoms with van der Waals surface area (Å²) in [5, 5.41) is 6.41. The minimum absolute atomic E-state index is 0.199. The maximum Gasteiger partial charge on any atom is 0.322 e. The van der Waals surface area contributed by atoms with Crippen molar-refractivity contribution in [1.29, 1.82) is 0 Å². The molecule has 9 heteroatoms. The molecule has 0 spiro atoms. The van der Waals surface area contributed by atoms with Gasteiger partial charge in [-0.2, -0.15) is 0 Å². The highest BCUT2D eigenvalue weighted by atomic mass is 35.5. The average Bonchev–Trinajstić information content (AvgIpc) is 2.91. The van der Waals surface area contributed by atoms with E-state index in [2.05, 4.69) is 10.6 Å². The maximum absolute atomic E-state index is 13.4. The minimum atomic E-state index is -0.436. The molecule has 1 unspecified atom stereocenters. The first-order valence-electron chi connectivity index (χ1n) is 12.0. The molecular weight excluding hydrogens is 494 g/mol. The molecule has 1 aliphatic heterocycles. The molecule has 0 radical (unpaired) electrons. The van der Waals surface area contributed by atoms with Gasteiger partial charge in [0.2, 0.25) is 0 Å². The number of benzene rings is 3. The van der Waals surface area contributed by atoms with Gasteiger partial charge in [-0.1, -0.05) is 17.7 Å². The summed E-state index contributed by atoms with van der Waals surface area (Å²) in [6.07, 6.45) is 0.630. The van der Waals surface area contributed by atoms with E-state index < -0.39 is 6.04 Å². The summed E-state index contributed by atoms with van der Waals surface area (Å²) in [5.41, 5.74) is 3.01. The second kappa shape index (κ2) is 11.9. The van der Waals surface area contributed by atoms with E-state index in [1.54, 1.807) is 55.5 Å². The molecule has 1 atom stereocenters. The SMILES string of the molecule is CCOc1ccc(NC(=O)N2CCc3cc(OC)c(OC)cc3C2CNC(=O)c2cccc(Cl)c2)cc1. The predicted molar refractivity (Wildman–Crippen MR) is 143 cm³/mol. The Morgan fingerprint density at radius 1 is 1.03 bits per heavy atom. The van der Waals surface area contributed by atoms with Gasteiger partial charge in [0.05, 0.1) is 26.9 Å².